The van der Waals surface area contributed by atoms with Gasteiger partial charge in [0.25, 0.3) is 0 Å². The van der Waals surface area contributed by atoms with Gasteiger partial charge in [-0.3, -0.25) is 4.79 Å². The molecule has 1 unspecified atom stereocenters. The summed E-state index contributed by atoms with van der Waals surface area (Å²) in [6, 6.07) is -0.712. The van der Waals surface area contributed by atoms with Gasteiger partial charge in [0.2, 0.25) is 5.91 Å². The molecule has 0 aliphatic carbocycles. The molecule has 0 saturated heterocycles. The molecule has 0 aliphatic rings. The molecule has 3 N–H and O–H groups in total. The number of carbonyl (C=O) groups excluding carboxylic acids is 3. The highest BCUT2D eigenvalue weighted by atomic mass is 16.6. The molecular formula is C20H39N3O5. The Morgan fingerprint density at radius 2 is 1.29 bits per heavy atom. The Kier molecular flexibility index (Phi) is 9.78. The van der Waals surface area contributed by atoms with Crippen LogP contribution in [0.1, 0.15) is 81.6 Å². The van der Waals surface area contributed by atoms with Crippen LogP contribution in [0.25, 0.3) is 0 Å². The topological polar surface area (TPSA) is 106 Å². The molecule has 0 rings (SSSR count). The van der Waals surface area contributed by atoms with Crippen molar-refractivity contribution in [3.05, 3.63) is 0 Å². The third-order valence-electron chi connectivity index (χ3n) is 3.09. The van der Waals surface area contributed by atoms with Crippen molar-refractivity contribution in [3.63, 3.8) is 0 Å². The number of nitrogens with one attached hydrogen (secondary N) is 3. The van der Waals surface area contributed by atoms with E-state index in [-0.39, 0.29) is 5.91 Å². The second kappa shape index (κ2) is 10.5. The maximum atomic E-state index is 12.5. The molecule has 3 amide bonds. The average molecular weight is 402 g/mol. The molecule has 0 saturated carbocycles. The van der Waals surface area contributed by atoms with Gasteiger partial charge in [-0.1, -0.05) is 0 Å². The summed E-state index contributed by atoms with van der Waals surface area (Å²) in [6.45, 7) is 16.7. The summed E-state index contributed by atoms with van der Waals surface area (Å²) in [5, 5.41) is 8.19. The number of alkyl carbamates (subject to hydrolysis) is 2. The van der Waals surface area contributed by atoms with Crippen molar-refractivity contribution < 1.29 is 23.9 Å². The van der Waals surface area contributed by atoms with Crippen LogP contribution in [0, 0.1) is 0 Å². The van der Waals surface area contributed by atoms with Gasteiger partial charge in [-0.15, -0.1) is 0 Å². The SMILES string of the molecule is CC(C)(C)NC(=O)C(CCCCNC(=O)OC(C)(C)C)NC(=O)OC(C)(C)C. The summed E-state index contributed by atoms with van der Waals surface area (Å²) < 4.78 is 10.4. The second-order valence-corrected chi connectivity index (χ2v) is 9.86. The van der Waals surface area contributed by atoms with Crippen molar-refractivity contribution >= 4 is 18.1 Å². The standard InChI is InChI=1S/C20H39N3O5/c1-18(2,3)23-15(24)14(22-17(26)28-20(7,8)9)12-10-11-13-21-16(25)27-19(4,5)6/h14H,10-13H2,1-9H3,(H,21,25)(H,22,26)(H,23,24). The summed E-state index contributed by atoms with van der Waals surface area (Å²) in [7, 11) is 0. The molecule has 0 bridgehead atoms. The van der Waals surface area contributed by atoms with Crippen LogP contribution in [0.5, 0.6) is 0 Å². The van der Waals surface area contributed by atoms with E-state index in [4.69, 9.17) is 9.47 Å². The van der Waals surface area contributed by atoms with E-state index in [2.05, 4.69) is 16.0 Å². The Bertz CT molecular complexity index is 527. The first kappa shape index (κ1) is 26.0. The Balaban J connectivity index is 4.58. The van der Waals surface area contributed by atoms with Crippen molar-refractivity contribution in [1.29, 1.82) is 0 Å². The van der Waals surface area contributed by atoms with Crippen LogP contribution in [-0.4, -0.2) is 47.4 Å². The van der Waals surface area contributed by atoms with Crippen LogP contribution < -0.4 is 16.0 Å². The smallest absolute Gasteiger partial charge is 0.408 e. The van der Waals surface area contributed by atoms with Crippen LogP contribution in [0.15, 0.2) is 0 Å². The molecule has 0 aliphatic heterocycles. The van der Waals surface area contributed by atoms with Gasteiger partial charge in [-0.05, 0) is 81.6 Å². The number of amides is 3. The Hall–Kier alpha value is -1.99. The molecule has 0 aromatic heterocycles. The largest absolute Gasteiger partial charge is 0.444 e. The molecule has 0 fully saturated rings. The van der Waals surface area contributed by atoms with Crippen molar-refractivity contribution in [2.75, 3.05) is 6.54 Å². The fourth-order valence-corrected chi connectivity index (χ4v) is 2.15. The molecule has 8 nitrogen and oxygen atoms in total. The summed E-state index contributed by atoms with van der Waals surface area (Å²) in [6.07, 6.45) is 0.606. The van der Waals surface area contributed by atoms with E-state index in [0.717, 1.165) is 0 Å². The summed E-state index contributed by atoms with van der Waals surface area (Å²) in [4.78, 5) is 36.2. The van der Waals surface area contributed by atoms with E-state index in [9.17, 15) is 14.4 Å². The molecule has 8 heteroatoms. The summed E-state index contributed by atoms with van der Waals surface area (Å²) in [5.41, 5.74) is -1.60. The van der Waals surface area contributed by atoms with E-state index in [1.54, 1.807) is 41.5 Å². The Morgan fingerprint density at radius 3 is 1.75 bits per heavy atom. The van der Waals surface area contributed by atoms with Gasteiger partial charge in [0, 0.05) is 12.1 Å². The first-order valence-corrected chi connectivity index (χ1v) is 9.77. The van der Waals surface area contributed by atoms with E-state index >= 15 is 0 Å². The maximum Gasteiger partial charge on any atom is 0.408 e. The van der Waals surface area contributed by atoms with Crippen molar-refractivity contribution in [1.82, 2.24) is 16.0 Å². The zero-order chi connectivity index (χ0) is 22.2. The van der Waals surface area contributed by atoms with Gasteiger partial charge in [-0.25, -0.2) is 9.59 Å². The normalized spacial score (nSPS) is 13.3. The van der Waals surface area contributed by atoms with Crippen LogP contribution in [0.2, 0.25) is 0 Å². The summed E-state index contributed by atoms with van der Waals surface area (Å²) >= 11 is 0. The number of carbonyl (C=O) groups is 3. The Labute approximate surface area is 169 Å². The number of ether oxygens (including phenoxy) is 2. The number of hydrogen-bond acceptors (Lipinski definition) is 5. The van der Waals surface area contributed by atoms with Crippen molar-refractivity contribution in [2.45, 2.75) is 104 Å². The van der Waals surface area contributed by atoms with E-state index in [1.807, 2.05) is 20.8 Å². The second-order valence-electron chi connectivity index (χ2n) is 9.86. The van der Waals surface area contributed by atoms with Gasteiger partial charge in [0.15, 0.2) is 0 Å². The van der Waals surface area contributed by atoms with Gasteiger partial charge in [0.05, 0.1) is 0 Å². The molecular weight excluding hydrogens is 362 g/mol. The highest BCUT2D eigenvalue weighted by Gasteiger charge is 2.26. The lowest BCUT2D eigenvalue weighted by atomic mass is 10.1. The lowest BCUT2D eigenvalue weighted by Gasteiger charge is -2.27. The predicted octanol–water partition coefficient (Wildman–Crippen LogP) is 3.49. The summed E-state index contributed by atoms with van der Waals surface area (Å²) in [5.74, 6) is -0.265. The lowest BCUT2D eigenvalue weighted by Crippen LogP contribution is -2.52. The van der Waals surface area contributed by atoms with Crippen LogP contribution >= 0.6 is 0 Å². The highest BCUT2D eigenvalue weighted by molar-refractivity contribution is 5.86. The number of hydrogen-bond donors (Lipinski definition) is 3. The van der Waals surface area contributed by atoms with Gasteiger partial charge < -0.3 is 25.4 Å². The zero-order valence-corrected chi connectivity index (χ0v) is 18.9. The Morgan fingerprint density at radius 1 is 0.786 bits per heavy atom. The van der Waals surface area contributed by atoms with Crippen LogP contribution in [0.3, 0.4) is 0 Å². The minimum absolute atomic E-state index is 0.265. The highest BCUT2D eigenvalue weighted by Crippen LogP contribution is 2.10. The van der Waals surface area contributed by atoms with Gasteiger partial charge in [0.1, 0.15) is 17.2 Å². The van der Waals surface area contributed by atoms with Crippen molar-refractivity contribution in [3.8, 4) is 0 Å². The van der Waals surface area contributed by atoms with Gasteiger partial charge >= 0.3 is 12.2 Å². The molecule has 28 heavy (non-hydrogen) atoms. The molecule has 0 aromatic carbocycles. The lowest BCUT2D eigenvalue weighted by molar-refractivity contribution is -0.124. The van der Waals surface area contributed by atoms with Crippen LogP contribution in [-0.2, 0) is 14.3 Å². The zero-order valence-electron chi connectivity index (χ0n) is 18.9. The fraction of sp³-hybridized carbons (Fsp3) is 0.850. The van der Waals surface area contributed by atoms with Crippen LogP contribution in [0.4, 0.5) is 9.59 Å². The number of unbranched alkanes of at least 4 members (excludes halogenated alkanes) is 1. The third-order valence-corrected chi connectivity index (χ3v) is 3.09. The molecule has 164 valence electrons. The van der Waals surface area contributed by atoms with E-state index in [0.29, 0.717) is 25.8 Å². The molecule has 0 spiro atoms. The maximum absolute atomic E-state index is 12.5. The minimum atomic E-state index is -0.712. The van der Waals surface area contributed by atoms with E-state index in [1.165, 1.54) is 0 Å². The molecule has 0 heterocycles. The first-order valence-electron chi connectivity index (χ1n) is 9.77. The minimum Gasteiger partial charge on any atom is -0.444 e. The fourth-order valence-electron chi connectivity index (χ4n) is 2.15. The molecule has 0 radical (unpaired) electrons. The molecule has 1 atom stereocenters. The molecule has 0 aromatic rings. The monoisotopic (exact) mass is 401 g/mol. The van der Waals surface area contributed by atoms with Gasteiger partial charge in [-0.2, -0.15) is 0 Å². The number of rotatable bonds is 7. The van der Waals surface area contributed by atoms with Crippen molar-refractivity contribution in [2.24, 2.45) is 0 Å². The third kappa shape index (κ3) is 15.1. The first-order chi connectivity index (χ1) is 12.5. The predicted molar refractivity (Wildman–Crippen MR) is 109 cm³/mol. The van der Waals surface area contributed by atoms with E-state index < -0.39 is 35.0 Å². The quantitative estimate of drug-likeness (QED) is 0.566. The average Bonchev–Trinajstić information content (AvgIpc) is 2.39.